The standard InChI is InChI=1S/C38H38N2S8/c1-5-41-35-36(42-6-2)46-33(45-35)30-17-25-9-23-11-27(13-25)19-31(34-47-37(43-7-3)38(48-34)44-8-4)20-28-12-24(10-26(14-28)18-30)16-29(15-23)32(21-39)22-40/h9-14H,5-8,15-20H2,1-4H3. The molecule has 0 amide bonds. The Morgan fingerprint density at radius 2 is 0.771 bits per heavy atom. The molecular weight excluding hydrogens is 741 g/mol. The average molecular weight is 779 g/mol. The van der Waals surface area contributed by atoms with Crippen molar-refractivity contribution in [2.75, 3.05) is 23.0 Å². The summed E-state index contributed by atoms with van der Waals surface area (Å²) >= 11 is 15.8. The zero-order valence-electron chi connectivity index (χ0n) is 27.7. The van der Waals surface area contributed by atoms with Crippen LogP contribution in [0.1, 0.15) is 61.1 Å². The number of fused-ring (bicyclic) bond motifs is 6. The van der Waals surface area contributed by atoms with Crippen molar-refractivity contribution in [3.05, 3.63) is 117 Å². The Morgan fingerprint density at radius 1 is 0.500 bits per heavy atom. The normalized spacial score (nSPS) is 17.8. The lowest BCUT2D eigenvalue weighted by Gasteiger charge is -2.21. The summed E-state index contributed by atoms with van der Waals surface area (Å²) < 4.78 is 8.73. The van der Waals surface area contributed by atoms with Crippen LogP contribution in [-0.2, 0) is 38.5 Å². The Kier molecular flexibility index (Phi) is 13.3. The Balaban J connectivity index is 1.51. The maximum atomic E-state index is 9.97. The van der Waals surface area contributed by atoms with Crippen molar-refractivity contribution in [3.8, 4) is 12.1 Å². The van der Waals surface area contributed by atoms with E-state index >= 15 is 0 Å². The van der Waals surface area contributed by atoms with Crippen LogP contribution in [0.3, 0.4) is 0 Å². The molecule has 7 rings (SSSR count). The van der Waals surface area contributed by atoms with Crippen molar-refractivity contribution in [2.24, 2.45) is 0 Å². The van der Waals surface area contributed by atoms with Crippen LogP contribution in [0.4, 0.5) is 0 Å². The van der Waals surface area contributed by atoms with E-state index in [0.29, 0.717) is 12.8 Å². The van der Waals surface area contributed by atoms with E-state index in [1.54, 1.807) is 0 Å². The van der Waals surface area contributed by atoms with Crippen LogP contribution < -0.4 is 0 Å². The minimum atomic E-state index is 0.257. The zero-order chi connectivity index (χ0) is 33.6. The number of hydrogen-bond acceptors (Lipinski definition) is 10. The van der Waals surface area contributed by atoms with Crippen molar-refractivity contribution in [1.29, 1.82) is 10.5 Å². The minimum absolute atomic E-state index is 0.257. The SMILES string of the molecule is CCSC1=C(SCC)SC(=C2Cc3cc4cc(c3)CC(=C3SC(SCC)=C(SCC)S3)Cc3cc(cc(c3)C2)CC(=C(C#N)C#N)C4)S1. The van der Waals surface area contributed by atoms with E-state index in [-0.39, 0.29) is 5.57 Å². The lowest BCUT2D eigenvalue weighted by molar-refractivity contribution is 0.945. The van der Waals surface area contributed by atoms with Gasteiger partial charge in [-0.05, 0) is 112 Å². The van der Waals surface area contributed by atoms with Gasteiger partial charge in [-0.1, -0.05) is 111 Å². The van der Waals surface area contributed by atoms with Crippen LogP contribution in [0.5, 0.6) is 0 Å². The maximum absolute atomic E-state index is 9.97. The van der Waals surface area contributed by atoms with E-state index in [4.69, 9.17) is 0 Å². The first-order chi connectivity index (χ1) is 23.4. The lowest BCUT2D eigenvalue weighted by Crippen LogP contribution is -2.09. The largest absolute Gasteiger partial charge is 0.192 e. The second-order valence-electron chi connectivity index (χ2n) is 11.7. The molecule has 0 unspecified atom stereocenters. The van der Waals surface area contributed by atoms with E-state index in [1.165, 1.54) is 69.9 Å². The fraction of sp³-hybridized carbons (Fsp3) is 0.368. The highest BCUT2D eigenvalue weighted by molar-refractivity contribution is 8.41. The fourth-order valence-corrected chi connectivity index (χ4v) is 17.7. The molecule has 10 heteroatoms. The van der Waals surface area contributed by atoms with E-state index in [0.717, 1.165) is 54.3 Å². The van der Waals surface area contributed by atoms with Crippen LogP contribution in [0.15, 0.2) is 84.1 Å². The molecule has 0 radical (unpaired) electrons. The third-order valence-corrected chi connectivity index (χ3v) is 19.0. The highest BCUT2D eigenvalue weighted by Crippen LogP contribution is 2.60. The monoisotopic (exact) mass is 778 g/mol. The van der Waals surface area contributed by atoms with Crippen molar-refractivity contribution < 1.29 is 0 Å². The Labute approximate surface area is 320 Å². The minimum Gasteiger partial charge on any atom is -0.192 e. The zero-order valence-corrected chi connectivity index (χ0v) is 34.2. The summed E-state index contributed by atoms with van der Waals surface area (Å²) in [5, 5.41) is 19.9. The third kappa shape index (κ3) is 8.86. The van der Waals surface area contributed by atoms with Crippen LogP contribution >= 0.6 is 94.1 Å². The van der Waals surface area contributed by atoms with Gasteiger partial charge in [-0.2, -0.15) is 10.5 Å². The molecule has 5 aliphatic rings. The number of hydrogen-bond donors (Lipinski definition) is 0. The second-order valence-corrected chi connectivity index (χ2v) is 22.4. The van der Waals surface area contributed by atoms with Gasteiger partial charge in [0.1, 0.15) is 17.7 Å². The summed E-state index contributed by atoms with van der Waals surface area (Å²) in [5.74, 6) is 4.34. The van der Waals surface area contributed by atoms with Gasteiger partial charge >= 0.3 is 0 Å². The van der Waals surface area contributed by atoms with Crippen LogP contribution in [-0.4, -0.2) is 23.0 Å². The first-order valence-corrected chi connectivity index (χ1v) is 23.5. The van der Waals surface area contributed by atoms with Crippen molar-refractivity contribution in [1.82, 2.24) is 0 Å². The maximum Gasteiger partial charge on any atom is 0.129 e. The Morgan fingerprint density at radius 3 is 1.02 bits per heavy atom. The molecule has 0 atom stereocenters. The summed E-state index contributed by atoms with van der Waals surface area (Å²) in [7, 11) is 0. The smallest absolute Gasteiger partial charge is 0.129 e. The predicted octanol–water partition coefficient (Wildman–Crippen LogP) is 12.7. The number of rotatable bonds is 8. The Hall–Kier alpha value is -1.08. The molecule has 3 aliphatic carbocycles. The summed E-state index contributed by atoms with van der Waals surface area (Å²) in [4.78, 5) is 0. The predicted molar refractivity (Wildman–Crippen MR) is 224 cm³/mol. The van der Waals surface area contributed by atoms with Crippen LogP contribution in [0.25, 0.3) is 0 Å². The molecule has 0 aromatic heterocycles. The van der Waals surface area contributed by atoms with Gasteiger partial charge in [-0.15, -0.1) is 47.0 Å². The first kappa shape index (κ1) is 36.7. The van der Waals surface area contributed by atoms with Gasteiger partial charge in [0.2, 0.25) is 0 Å². The van der Waals surface area contributed by atoms with Gasteiger partial charge in [0.05, 0.1) is 25.4 Å². The molecule has 0 saturated carbocycles. The average Bonchev–Trinajstić information content (AvgIpc) is 3.64. The van der Waals surface area contributed by atoms with Crippen molar-refractivity contribution in [2.45, 2.75) is 66.2 Å². The number of nitriles is 2. The van der Waals surface area contributed by atoms with Gasteiger partial charge in [-0.3, -0.25) is 0 Å². The summed E-state index contributed by atoms with van der Waals surface area (Å²) in [6, 6.07) is 18.7. The number of allylic oxidation sites excluding steroid dienone is 4. The van der Waals surface area contributed by atoms with Crippen LogP contribution in [0.2, 0.25) is 0 Å². The highest BCUT2D eigenvalue weighted by atomic mass is 32.3. The molecule has 0 spiro atoms. The molecule has 0 N–H and O–H groups in total. The molecule has 48 heavy (non-hydrogen) atoms. The van der Waals surface area contributed by atoms with Gasteiger partial charge in [0.25, 0.3) is 0 Å². The fourth-order valence-electron chi connectivity index (χ4n) is 6.32. The van der Waals surface area contributed by atoms with E-state index in [1.807, 2.05) is 94.1 Å². The van der Waals surface area contributed by atoms with Gasteiger partial charge < -0.3 is 0 Å². The molecule has 2 aromatic carbocycles. The van der Waals surface area contributed by atoms with Gasteiger partial charge in [0.15, 0.2) is 0 Å². The molecule has 2 aliphatic heterocycles. The number of benzene rings is 2. The highest BCUT2D eigenvalue weighted by Gasteiger charge is 2.28. The van der Waals surface area contributed by atoms with E-state index < -0.39 is 0 Å². The summed E-state index contributed by atoms with van der Waals surface area (Å²) in [6.45, 7) is 8.99. The summed E-state index contributed by atoms with van der Waals surface area (Å²) in [6.07, 6.45) is 4.84. The van der Waals surface area contributed by atoms with E-state index in [2.05, 4.69) is 76.2 Å². The van der Waals surface area contributed by atoms with Crippen molar-refractivity contribution >= 4 is 94.1 Å². The number of nitrogens with zero attached hydrogens (tertiary/aromatic N) is 2. The van der Waals surface area contributed by atoms with Gasteiger partial charge in [0, 0.05) is 0 Å². The van der Waals surface area contributed by atoms with Crippen LogP contribution in [0, 0.1) is 22.7 Å². The quantitative estimate of drug-likeness (QED) is 0.242. The first-order valence-electron chi connectivity index (χ1n) is 16.3. The molecule has 2 aromatic rings. The number of thioether (sulfide) groups is 8. The molecule has 0 fully saturated rings. The summed E-state index contributed by atoms with van der Waals surface area (Å²) in [5.41, 5.74) is 11.9. The molecular formula is C38H38N2S8. The molecule has 0 saturated heterocycles. The van der Waals surface area contributed by atoms with E-state index in [9.17, 15) is 10.5 Å². The second kappa shape index (κ2) is 17.4. The van der Waals surface area contributed by atoms with Gasteiger partial charge in [-0.25, -0.2) is 0 Å². The Bertz CT molecular complexity index is 1630. The molecule has 6 bridgehead atoms. The lowest BCUT2D eigenvalue weighted by atomic mass is 9.85. The topological polar surface area (TPSA) is 47.6 Å². The molecule has 2 nitrogen and oxygen atoms in total. The third-order valence-electron chi connectivity index (χ3n) is 8.06. The van der Waals surface area contributed by atoms with Crippen molar-refractivity contribution in [3.63, 3.8) is 0 Å². The molecule has 248 valence electrons. The molecule has 2 heterocycles.